The van der Waals surface area contributed by atoms with Gasteiger partial charge in [-0.05, 0) is 44.2 Å². The lowest BCUT2D eigenvalue weighted by atomic mass is 9.97. The first-order valence-corrected chi connectivity index (χ1v) is 7.91. The third-order valence-electron chi connectivity index (χ3n) is 3.93. The highest BCUT2D eigenvalue weighted by molar-refractivity contribution is 6.17. The molecule has 25 heavy (non-hydrogen) atoms. The number of ketones is 1. The summed E-state index contributed by atoms with van der Waals surface area (Å²) in [4.78, 5) is 17.2. The van der Waals surface area contributed by atoms with Crippen LogP contribution in [0.5, 0.6) is 11.5 Å². The van der Waals surface area contributed by atoms with Crippen molar-refractivity contribution in [2.75, 3.05) is 7.11 Å². The van der Waals surface area contributed by atoms with Crippen LogP contribution in [-0.2, 0) is 0 Å². The number of nitriles is 1. The molecule has 0 atom stereocenters. The number of carbonyl (C=O) groups is 1. The fraction of sp³-hybridized carbons (Fsp3) is 0.250. The molecule has 126 valence electrons. The number of nitrogens with zero attached hydrogens (tertiary/aromatic N) is 2. The molecule has 0 N–H and O–H groups in total. The van der Waals surface area contributed by atoms with E-state index in [1.165, 1.54) is 0 Å². The number of rotatable bonds is 4. The highest BCUT2D eigenvalue weighted by Crippen LogP contribution is 2.34. The largest absolute Gasteiger partial charge is 0.497 e. The molecule has 0 spiro atoms. The molecule has 1 aliphatic heterocycles. The van der Waals surface area contributed by atoms with Crippen molar-refractivity contribution in [2.45, 2.75) is 26.0 Å². The molecule has 0 aliphatic carbocycles. The minimum atomic E-state index is -0.734. The molecule has 0 radical (unpaired) electrons. The maximum absolute atomic E-state index is 12.7. The van der Waals surface area contributed by atoms with Gasteiger partial charge in [0.05, 0.1) is 30.9 Å². The number of methoxy groups -OCH3 is 1. The standard InChI is InChI=1S/C20H18N2O3/c1-20(2)22-17(16-10-15(24-3)8-9-19(16)25-20)11-18(23)14-6-4-13(12-21)5-7-14/h4-10H,11H2,1-3H3. The van der Waals surface area contributed by atoms with Gasteiger partial charge in [-0.15, -0.1) is 0 Å². The second-order valence-corrected chi connectivity index (χ2v) is 6.26. The normalized spacial score (nSPS) is 14.6. The zero-order valence-corrected chi connectivity index (χ0v) is 14.4. The topological polar surface area (TPSA) is 71.7 Å². The van der Waals surface area contributed by atoms with Crippen molar-refractivity contribution >= 4 is 11.5 Å². The van der Waals surface area contributed by atoms with E-state index in [2.05, 4.69) is 4.99 Å². The van der Waals surface area contributed by atoms with E-state index < -0.39 is 5.72 Å². The monoisotopic (exact) mass is 334 g/mol. The number of hydrogen-bond acceptors (Lipinski definition) is 5. The van der Waals surface area contributed by atoms with Crippen molar-refractivity contribution in [3.63, 3.8) is 0 Å². The van der Waals surface area contributed by atoms with Crippen molar-refractivity contribution in [2.24, 2.45) is 4.99 Å². The fourth-order valence-corrected chi connectivity index (χ4v) is 2.75. The number of carbonyl (C=O) groups excluding carboxylic acids is 1. The molecule has 3 rings (SSSR count). The Kier molecular flexibility index (Phi) is 4.28. The summed E-state index contributed by atoms with van der Waals surface area (Å²) in [5, 5.41) is 8.86. The minimum Gasteiger partial charge on any atom is -0.497 e. The Balaban J connectivity index is 1.93. The van der Waals surface area contributed by atoms with Gasteiger partial charge in [-0.25, -0.2) is 4.99 Å². The summed E-state index contributed by atoms with van der Waals surface area (Å²) in [7, 11) is 1.59. The van der Waals surface area contributed by atoms with Gasteiger partial charge in [-0.1, -0.05) is 12.1 Å². The maximum Gasteiger partial charge on any atom is 0.194 e. The van der Waals surface area contributed by atoms with Crippen molar-refractivity contribution < 1.29 is 14.3 Å². The van der Waals surface area contributed by atoms with Gasteiger partial charge < -0.3 is 9.47 Å². The second kappa shape index (κ2) is 6.40. The predicted molar refractivity (Wildman–Crippen MR) is 94.3 cm³/mol. The number of benzene rings is 2. The number of hydrogen-bond donors (Lipinski definition) is 0. The summed E-state index contributed by atoms with van der Waals surface area (Å²) in [6.45, 7) is 3.71. The van der Waals surface area contributed by atoms with Crippen LogP contribution in [0.25, 0.3) is 0 Å². The van der Waals surface area contributed by atoms with Gasteiger partial charge in [0.25, 0.3) is 0 Å². The second-order valence-electron chi connectivity index (χ2n) is 6.26. The van der Waals surface area contributed by atoms with Crippen LogP contribution < -0.4 is 9.47 Å². The summed E-state index contributed by atoms with van der Waals surface area (Å²) in [5.74, 6) is 1.30. The first-order chi connectivity index (χ1) is 11.9. The molecule has 0 amide bonds. The lowest BCUT2D eigenvalue weighted by Crippen LogP contribution is -2.32. The van der Waals surface area contributed by atoms with E-state index in [9.17, 15) is 4.79 Å². The van der Waals surface area contributed by atoms with Crippen molar-refractivity contribution in [1.29, 1.82) is 5.26 Å². The van der Waals surface area contributed by atoms with Gasteiger partial charge in [0.1, 0.15) is 11.5 Å². The smallest absolute Gasteiger partial charge is 0.194 e. The van der Waals surface area contributed by atoms with Gasteiger partial charge >= 0.3 is 0 Å². The molecule has 1 heterocycles. The van der Waals surface area contributed by atoms with E-state index in [4.69, 9.17) is 14.7 Å². The zero-order valence-electron chi connectivity index (χ0n) is 14.4. The van der Waals surface area contributed by atoms with E-state index in [1.807, 2.05) is 38.1 Å². The molecular weight excluding hydrogens is 316 g/mol. The average molecular weight is 334 g/mol. The number of ether oxygens (including phenoxy) is 2. The van der Waals surface area contributed by atoms with Gasteiger partial charge in [0.2, 0.25) is 0 Å². The van der Waals surface area contributed by atoms with Crippen LogP contribution in [0.1, 0.15) is 41.8 Å². The lowest BCUT2D eigenvalue weighted by molar-refractivity contribution is 0.0994. The first-order valence-electron chi connectivity index (χ1n) is 7.91. The Labute approximate surface area is 146 Å². The molecule has 0 unspecified atom stereocenters. The third kappa shape index (κ3) is 3.53. The van der Waals surface area contributed by atoms with E-state index >= 15 is 0 Å². The van der Waals surface area contributed by atoms with Gasteiger partial charge in [-0.3, -0.25) is 4.79 Å². The first kappa shape index (κ1) is 16.7. The maximum atomic E-state index is 12.7. The Hall–Kier alpha value is -3.13. The van der Waals surface area contributed by atoms with Crippen LogP contribution in [0, 0.1) is 11.3 Å². The van der Waals surface area contributed by atoms with Crippen LogP contribution in [-0.4, -0.2) is 24.3 Å². The molecular formula is C20H18N2O3. The number of aliphatic imine (C=N–C) groups is 1. The van der Waals surface area contributed by atoms with Crippen LogP contribution in [0.3, 0.4) is 0 Å². The molecule has 0 saturated heterocycles. The number of fused-ring (bicyclic) bond motifs is 1. The Morgan fingerprint density at radius 1 is 1.24 bits per heavy atom. The predicted octanol–water partition coefficient (Wildman–Crippen LogP) is 3.76. The molecule has 0 aromatic heterocycles. The summed E-state index contributed by atoms with van der Waals surface area (Å²) in [5.41, 5.74) is 1.77. The van der Waals surface area contributed by atoms with Crippen molar-refractivity contribution in [3.8, 4) is 17.6 Å². The molecule has 2 aromatic carbocycles. The van der Waals surface area contributed by atoms with E-state index in [-0.39, 0.29) is 12.2 Å². The van der Waals surface area contributed by atoms with Gasteiger partial charge in [-0.2, -0.15) is 5.26 Å². The molecule has 5 heteroatoms. The Morgan fingerprint density at radius 2 is 1.96 bits per heavy atom. The summed E-state index contributed by atoms with van der Waals surface area (Å²) < 4.78 is 11.1. The lowest BCUT2D eigenvalue weighted by Gasteiger charge is -2.30. The summed E-state index contributed by atoms with van der Waals surface area (Å²) in [6, 6.07) is 14.1. The average Bonchev–Trinajstić information content (AvgIpc) is 2.60. The van der Waals surface area contributed by atoms with E-state index in [1.54, 1.807) is 31.4 Å². The van der Waals surface area contributed by atoms with Crippen LogP contribution in [0.4, 0.5) is 0 Å². The highest BCUT2D eigenvalue weighted by atomic mass is 16.5. The molecule has 2 aromatic rings. The molecule has 5 nitrogen and oxygen atoms in total. The zero-order chi connectivity index (χ0) is 18.0. The van der Waals surface area contributed by atoms with Crippen LogP contribution >= 0.6 is 0 Å². The Bertz CT molecular complexity index is 890. The van der Waals surface area contributed by atoms with Crippen LogP contribution in [0.2, 0.25) is 0 Å². The van der Waals surface area contributed by atoms with Crippen molar-refractivity contribution in [3.05, 3.63) is 59.2 Å². The molecule has 0 saturated carbocycles. The van der Waals surface area contributed by atoms with Gasteiger partial charge in [0.15, 0.2) is 11.5 Å². The Morgan fingerprint density at radius 3 is 2.60 bits per heavy atom. The fourth-order valence-electron chi connectivity index (χ4n) is 2.75. The summed E-state index contributed by atoms with van der Waals surface area (Å²) >= 11 is 0. The summed E-state index contributed by atoms with van der Waals surface area (Å²) in [6.07, 6.45) is 0.152. The van der Waals surface area contributed by atoms with Gasteiger partial charge in [0, 0.05) is 11.1 Å². The quantitative estimate of drug-likeness (QED) is 0.798. The SMILES string of the molecule is COc1ccc2c(c1)C(CC(=O)c1ccc(C#N)cc1)=NC(C)(C)O2. The van der Waals surface area contributed by atoms with E-state index in [0.717, 1.165) is 5.56 Å². The molecule has 1 aliphatic rings. The number of Topliss-reactive ketones (excluding diaryl/α,β-unsaturated/α-hetero) is 1. The van der Waals surface area contributed by atoms with Crippen molar-refractivity contribution in [1.82, 2.24) is 0 Å². The highest BCUT2D eigenvalue weighted by Gasteiger charge is 2.29. The minimum absolute atomic E-state index is 0.0605. The third-order valence-corrected chi connectivity index (χ3v) is 3.93. The van der Waals surface area contributed by atoms with Crippen LogP contribution in [0.15, 0.2) is 47.5 Å². The van der Waals surface area contributed by atoms with E-state index in [0.29, 0.717) is 28.3 Å². The molecule has 0 fully saturated rings. The molecule has 0 bridgehead atoms.